The van der Waals surface area contributed by atoms with Gasteiger partial charge in [-0.3, -0.25) is 4.79 Å². The molecule has 0 heterocycles. The molecular formula is C17H26N2O3S. The molecule has 23 heavy (non-hydrogen) atoms. The van der Waals surface area contributed by atoms with E-state index in [9.17, 15) is 13.2 Å². The summed E-state index contributed by atoms with van der Waals surface area (Å²) in [6.45, 7) is 1.77. The van der Waals surface area contributed by atoms with Gasteiger partial charge in [-0.2, -0.15) is 0 Å². The molecule has 0 spiro atoms. The third-order valence-corrected chi connectivity index (χ3v) is 6.27. The zero-order valence-electron chi connectivity index (χ0n) is 13.9. The Morgan fingerprint density at radius 1 is 1.26 bits per heavy atom. The Hall–Kier alpha value is -1.40. The number of hydrogen-bond acceptors (Lipinski definition) is 3. The lowest BCUT2D eigenvalue weighted by Gasteiger charge is -2.24. The van der Waals surface area contributed by atoms with E-state index in [1.54, 1.807) is 13.1 Å². The van der Waals surface area contributed by atoms with Crippen molar-refractivity contribution in [2.24, 2.45) is 5.92 Å². The van der Waals surface area contributed by atoms with Gasteiger partial charge in [-0.15, -0.1) is 0 Å². The fourth-order valence-electron chi connectivity index (χ4n) is 3.09. The summed E-state index contributed by atoms with van der Waals surface area (Å²) in [7, 11) is -1.62. The summed E-state index contributed by atoms with van der Waals surface area (Å²) >= 11 is 0. The van der Waals surface area contributed by atoms with E-state index in [1.165, 1.54) is 17.6 Å². The molecule has 0 aromatic heterocycles. The maximum Gasteiger partial charge on any atom is 0.221 e. The molecule has 1 saturated carbocycles. The Morgan fingerprint density at radius 2 is 1.96 bits per heavy atom. The van der Waals surface area contributed by atoms with Crippen molar-refractivity contribution in [3.05, 3.63) is 29.8 Å². The van der Waals surface area contributed by atoms with Gasteiger partial charge in [0.2, 0.25) is 15.9 Å². The molecule has 1 aliphatic carbocycles. The van der Waals surface area contributed by atoms with Crippen molar-refractivity contribution < 1.29 is 13.2 Å². The highest BCUT2D eigenvalue weighted by molar-refractivity contribution is 7.89. The molecule has 128 valence electrons. The molecular weight excluding hydrogens is 312 g/mol. The van der Waals surface area contributed by atoms with Gasteiger partial charge in [-0.25, -0.2) is 12.7 Å². The second-order valence-corrected chi connectivity index (χ2v) is 8.54. The summed E-state index contributed by atoms with van der Waals surface area (Å²) < 4.78 is 26.5. The van der Waals surface area contributed by atoms with Gasteiger partial charge in [0.05, 0.1) is 5.75 Å². The van der Waals surface area contributed by atoms with Crippen LogP contribution in [0.3, 0.4) is 0 Å². The molecule has 2 rings (SSSR count). The van der Waals surface area contributed by atoms with Gasteiger partial charge >= 0.3 is 0 Å². The zero-order chi connectivity index (χ0) is 16.9. The van der Waals surface area contributed by atoms with Crippen molar-refractivity contribution in [3.63, 3.8) is 0 Å². The lowest BCUT2D eigenvalue weighted by atomic mass is 9.91. The molecule has 0 atom stereocenters. The average Bonchev–Trinajstić information content (AvgIpc) is 2.47. The monoisotopic (exact) mass is 338 g/mol. The van der Waals surface area contributed by atoms with E-state index in [1.807, 2.05) is 18.2 Å². The lowest BCUT2D eigenvalue weighted by Crippen LogP contribution is -2.32. The van der Waals surface area contributed by atoms with Gasteiger partial charge in [0, 0.05) is 26.2 Å². The summed E-state index contributed by atoms with van der Waals surface area (Å²) in [4.78, 5) is 11.1. The van der Waals surface area contributed by atoms with E-state index in [0.29, 0.717) is 18.2 Å². The van der Waals surface area contributed by atoms with Gasteiger partial charge in [0.15, 0.2) is 0 Å². The summed E-state index contributed by atoms with van der Waals surface area (Å²) in [5.74, 6) is 0.400. The van der Waals surface area contributed by atoms with Crippen LogP contribution in [0, 0.1) is 5.92 Å². The zero-order valence-corrected chi connectivity index (χ0v) is 14.7. The van der Waals surface area contributed by atoms with Crippen molar-refractivity contribution in [3.8, 4) is 0 Å². The minimum absolute atomic E-state index is 0.138. The van der Waals surface area contributed by atoms with Crippen LogP contribution in [-0.4, -0.2) is 31.4 Å². The SMILES string of the molecule is CC(=O)Nc1cccc(CN(C)S(=O)(=O)CC2CCCCC2)c1. The van der Waals surface area contributed by atoms with Crippen molar-refractivity contribution in [1.82, 2.24) is 4.31 Å². The van der Waals surface area contributed by atoms with E-state index >= 15 is 0 Å². The number of anilines is 1. The fourth-order valence-corrected chi connectivity index (χ4v) is 4.61. The third-order valence-electron chi connectivity index (χ3n) is 4.30. The highest BCUT2D eigenvalue weighted by Crippen LogP contribution is 2.26. The Labute approximate surface area is 139 Å². The number of nitrogens with zero attached hydrogens (tertiary/aromatic N) is 1. The average molecular weight is 338 g/mol. The molecule has 1 N–H and O–H groups in total. The smallest absolute Gasteiger partial charge is 0.221 e. The molecule has 0 aliphatic heterocycles. The van der Waals surface area contributed by atoms with Gasteiger partial charge in [-0.1, -0.05) is 31.4 Å². The third kappa shape index (κ3) is 5.62. The van der Waals surface area contributed by atoms with Gasteiger partial charge in [-0.05, 0) is 36.5 Å². The maximum absolute atomic E-state index is 12.5. The molecule has 0 saturated heterocycles. The number of benzene rings is 1. The number of hydrogen-bond donors (Lipinski definition) is 1. The normalized spacial score (nSPS) is 16.5. The maximum atomic E-state index is 12.5. The largest absolute Gasteiger partial charge is 0.326 e. The second-order valence-electron chi connectivity index (χ2n) is 6.42. The number of rotatable bonds is 6. The Balaban J connectivity index is 1.99. The van der Waals surface area contributed by atoms with E-state index in [-0.39, 0.29) is 11.7 Å². The van der Waals surface area contributed by atoms with Crippen LogP contribution in [0.15, 0.2) is 24.3 Å². The summed E-state index contributed by atoms with van der Waals surface area (Å²) in [5, 5.41) is 2.72. The molecule has 1 aromatic carbocycles. The Bertz CT molecular complexity index is 637. The summed E-state index contributed by atoms with van der Waals surface area (Å²) in [6, 6.07) is 7.30. The van der Waals surface area contributed by atoms with Crippen LogP contribution in [0.25, 0.3) is 0 Å². The van der Waals surface area contributed by atoms with Crippen LogP contribution in [0.5, 0.6) is 0 Å². The van der Waals surface area contributed by atoms with E-state index in [2.05, 4.69) is 5.32 Å². The fraction of sp³-hybridized carbons (Fsp3) is 0.588. The topological polar surface area (TPSA) is 66.5 Å². The number of amides is 1. The van der Waals surface area contributed by atoms with Crippen LogP contribution in [0.1, 0.15) is 44.6 Å². The lowest BCUT2D eigenvalue weighted by molar-refractivity contribution is -0.114. The molecule has 1 aliphatic rings. The number of carbonyl (C=O) groups is 1. The van der Waals surface area contributed by atoms with E-state index < -0.39 is 10.0 Å². The molecule has 0 unspecified atom stereocenters. The molecule has 1 fully saturated rings. The number of carbonyl (C=O) groups excluding carboxylic acids is 1. The van der Waals surface area contributed by atoms with Gasteiger partial charge < -0.3 is 5.32 Å². The first-order chi connectivity index (χ1) is 10.9. The van der Waals surface area contributed by atoms with Crippen LogP contribution in [0.4, 0.5) is 5.69 Å². The molecule has 0 bridgehead atoms. The molecule has 0 radical (unpaired) electrons. The second kappa shape index (κ2) is 7.93. The predicted octanol–water partition coefficient (Wildman–Crippen LogP) is 2.99. The highest BCUT2D eigenvalue weighted by atomic mass is 32.2. The first kappa shape index (κ1) is 17.9. The van der Waals surface area contributed by atoms with Crippen molar-refractivity contribution in [2.45, 2.75) is 45.6 Å². The van der Waals surface area contributed by atoms with Crippen molar-refractivity contribution >= 4 is 21.6 Å². The van der Waals surface area contributed by atoms with Crippen molar-refractivity contribution in [2.75, 3.05) is 18.1 Å². The predicted molar refractivity (Wildman–Crippen MR) is 92.6 cm³/mol. The van der Waals surface area contributed by atoms with Crippen LogP contribution in [0.2, 0.25) is 0 Å². The molecule has 5 nitrogen and oxygen atoms in total. The van der Waals surface area contributed by atoms with Crippen LogP contribution < -0.4 is 5.32 Å². The van der Waals surface area contributed by atoms with Crippen molar-refractivity contribution in [1.29, 1.82) is 0 Å². The van der Waals surface area contributed by atoms with Crippen LogP contribution in [-0.2, 0) is 21.4 Å². The molecule has 1 aromatic rings. The summed E-state index contributed by atoms with van der Waals surface area (Å²) in [6.07, 6.45) is 5.55. The quantitative estimate of drug-likeness (QED) is 0.867. The Morgan fingerprint density at radius 3 is 2.61 bits per heavy atom. The first-order valence-corrected chi connectivity index (χ1v) is 9.78. The minimum Gasteiger partial charge on any atom is -0.326 e. The van der Waals surface area contributed by atoms with E-state index in [4.69, 9.17) is 0 Å². The molecule has 1 amide bonds. The van der Waals surface area contributed by atoms with Gasteiger partial charge in [0.1, 0.15) is 0 Å². The standard InChI is InChI=1S/C17H26N2O3S/c1-14(20)18-17-10-6-9-16(11-17)12-19(2)23(21,22)13-15-7-4-3-5-8-15/h6,9-11,15H,3-5,7-8,12-13H2,1-2H3,(H,18,20). The number of nitrogens with one attached hydrogen (secondary N) is 1. The van der Waals surface area contributed by atoms with E-state index in [0.717, 1.165) is 31.2 Å². The number of sulfonamides is 1. The first-order valence-electron chi connectivity index (χ1n) is 8.17. The Kier molecular flexibility index (Phi) is 6.18. The summed E-state index contributed by atoms with van der Waals surface area (Å²) in [5.41, 5.74) is 1.55. The minimum atomic E-state index is -3.25. The highest BCUT2D eigenvalue weighted by Gasteiger charge is 2.25. The van der Waals surface area contributed by atoms with Crippen LogP contribution >= 0.6 is 0 Å². The van der Waals surface area contributed by atoms with Gasteiger partial charge in [0.25, 0.3) is 0 Å². The molecule has 6 heteroatoms.